The van der Waals surface area contributed by atoms with Gasteiger partial charge in [-0.1, -0.05) is 6.42 Å². The van der Waals surface area contributed by atoms with Crippen LogP contribution in [0.15, 0.2) is 4.99 Å². The van der Waals surface area contributed by atoms with Crippen LogP contribution in [-0.2, 0) is 4.79 Å². The van der Waals surface area contributed by atoms with E-state index in [1.807, 2.05) is 0 Å². The number of hydrogen-bond acceptors (Lipinski definition) is 2. The quantitative estimate of drug-likeness (QED) is 0.439. The van der Waals surface area contributed by atoms with Gasteiger partial charge in [-0.3, -0.25) is 9.18 Å². The third-order valence-electron chi connectivity index (χ3n) is 4.53. The predicted molar refractivity (Wildman–Crippen MR) is 82.0 cm³/mol. The van der Waals surface area contributed by atoms with Gasteiger partial charge in [0, 0.05) is 26.7 Å². The van der Waals surface area contributed by atoms with Gasteiger partial charge in [0.1, 0.15) is 6.54 Å². The number of guanidine groups is 1. The normalized spacial score (nSPS) is 27.8. The Morgan fingerprint density at radius 2 is 2.14 bits per heavy atom. The van der Waals surface area contributed by atoms with Gasteiger partial charge in [0.25, 0.3) is 0 Å². The van der Waals surface area contributed by atoms with E-state index in [-0.39, 0.29) is 19.1 Å². The molecule has 2 N–H and O–H groups in total. The van der Waals surface area contributed by atoms with Gasteiger partial charge in [-0.25, -0.2) is 4.99 Å². The largest absolute Gasteiger partial charge is 0.356 e. The molecular formula is C15H27FN4O. The highest BCUT2D eigenvalue weighted by Crippen LogP contribution is 2.44. The summed E-state index contributed by atoms with van der Waals surface area (Å²) in [6.45, 7) is 0.323. The zero-order chi connectivity index (χ0) is 15.2. The maximum Gasteiger partial charge on any atom is 0.243 e. The molecule has 0 heterocycles. The fraction of sp³-hybridized carbons (Fsp3) is 0.867. The van der Waals surface area contributed by atoms with Crippen molar-refractivity contribution >= 4 is 11.9 Å². The number of carbonyl (C=O) groups excluding carboxylic acids is 1. The number of amides is 1. The number of alkyl halides is 1. The SMILES string of the molecule is CN(C)C(=O)CN=C(NCCCF)NC1CC2CCC1C2. The molecule has 21 heavy (non-hydrogen) atoms. The number of hydrogen-bond donors (Lipinski definition) is 2. The number of nitrogens with one attached hydrogen (secondary N) is 2. The van der Waals surface area contributed by atoms with Gasteiger partial charge in [-0.15, -0.1) is 0 Å². The van der Waals surface area contributed by atoms with Gasteiger partial charge in [0.05, 0.1) is 6.67 Å². The summed E-state index contributed by atoms with van der Waals surface area (Å²) in [6.07, 6.45) is 5.60. The molecule has 0 spiro atoms. The van der Waals surface area contributed by atoms with Crippen molar-refractivity contribution in [3.05, 3.63) is 0 Å². The topological polar surface area (TPSA) is 56.7 Å². The number of rotatable bonds is 6. The third kappa shape index (κ3) is 4.58. The van der Waals surface area contributed by atoms with Crippen LogP contribution in [0.25, 0.3) is 0 Å². The highest BCUT2D eigenvalue weighted by Gasteiger charge is 2.39. The number of likely N-dealkylation sites (N-methyl/N-ethyl adjacent to an activating group) is 1. The molecule has 0 saturated heterocycles. The Labute approximate surface area is 126 Å². The summed E-state index contributed by atoms with van der Waals surface area (Å²) in [5.74, 6) is 2.20. The second-order valence-electron chi connectivity index (χ2n) is 6.35. The molecule has 2 bridgehead atoms. The van der Waals surface area contributed by atoms with E-state index in [9.17, 15) is 9.18 Å². The van der Waals surface area contributed by atoms with E-state index in [0.29, 0.717) is 25.0 Å². The monoisotopic (exact) mass is 298 g/mol. The maximum atomic E-state index is 12.2. The molecule has 3 unspecified atom stereocenters. The molecule has 1 amide bonds. The Hall–Kier alpha value is -1.33. The van der Waals surface area contributed by atoms with Crippen molar-refractivity contribution in [3.63, 3.8) is 0 Å². The molecule has 5 nitrogen and oxygen atoms in total. The van der Waals surface area contributed by atoms with Gasteiger partial charge in [-0.2, -0.15) is 0 Å². The Kier molecular flexibility index (Phi) is 5.82. The van der Waals surface area contributed by atoms with Crippen molar-refractivity contribution < 1.29 is 9.18 Å². The fourth-order valence-corrected chi connectivity index (χ4v) is 3.31. The smallest absolute Gasteiger partial charge is 0.243 e. The average Bonchev–Trinajstić information content (AvgIpc) is 3.06. The second kappa shape index (κ2) is 7.61. The lowest BCUT2D eigenvalue weighted by atomic mass is 9.95. The van der Waals surface area contributed by atoms with Crippen LogP contribution in [0, 0.1) is 11.8 Å². The lowest BCUT2D eigenvalue weighted by molar-refractivity contribution is -0.127. The molecule has 2 aliphatic rings. The van der Waals surface area contributed by atoms with E-state index < -0.39 is 0 Å². The van der Waals surface area contributed by atoms with Crippen molar-refractivity contribution in [3.8, 4) is 0 Å². The summed E-state index contributed by atoms with van der Waals surface area (Å²) in [5.41, 5.74) is 0. The number of halogens is 1. The molecule has 0 aromatic rings. The lowest BCUT2D eigenvalue weighted by Crippen LogP contribution is -2.46. The van der Waals surface area contributed by atoms with Crippen molar-refractivity contribution in [2.45, 2.75) is 38.1 Å². The molecule has 3 atom stereocenters. The minimum atomic E-state index is -0.342. The molecule has 120 valence electrons. The van der Waals surface area contributed by atoms with E-state index in [1.165, 1.54) is 30.6 Å². The average molecular weight is 298 g/mol. The van der Waals surface area contributed by atoms with Crippen LogP contribution in [-0.4, -0.2) is 56.7 Å². The summed E-state index contributed by atoms with van der Waals surface area (Å²) in [6, 6.07) is 0.454. The Morgan fingerprint density at radius 3 is 2.71 bits per heavy atom. The van der Waals surface area contributed by atoms with Gasteiger partial charge in [-0.05, 0) is 37.5 Å². The van der Waals surface area contributed by atoms with Gasteiger partial charge < -0.3 is 15.5 Å². The molecule has 0 aromatic heterocycles. The number of carbonyl (C=O) groups is 1. The maximum absolute atomic E-state index is 12.2. The Balaban J connectivity index is 1.88. The standard InChI is InChI=1S/C15H27FN4O/c1-20(2)14(21)10-18-15(17-7-3-6-16)19-13-9-11-4-5-12(13)8-11/h11-13H,3-10H2,1-2H3,(H2,17,18,19). The summed E-state index contributed by atoms with van der Waals surface area (Å²) in [7, 11) is 3.44. The molecule has 0 radical (unpaired) electrons. The molecule has 0 aliphatic heterocycles. The van der Waals surface area contributed by atoms with E-state index in [4.69, 9.17) is 0 Å². The Bertz CT molecular complexity index is 386. The van der Waals surface area contributed by atoms with E-state index in [1.54, 1.807) is 14.1 Å². The van der Waals surface area contributed by atoms with Crippen LogP contribution in [0.5, 0.6) is 0 Å². The molecule has 2 saturated carbocycles. The van der Waals surface area contributed by atoms with Gasteiger partial charge >= 0.3 is 0 Å². The van der Waals surface area contributed by atoms with Crippen LogP contribution >= 0.6 is 0 Å². The first-order chi connectivity index (χ1) is 10.1. The molecule has 2 rings (SSSR count). The molecule has 2 fully saturated rings. The van der Waals surface area contributed by atoms with Crippen molar-refractivity contribution in [1.82, 2.24) is 15.5 Å². The van der Waals surface area contributed by atoms with Crippen molar-refractivity contribution in [1.29, 1.82) is 0 Å². The van der Waals surface area contributed by atoms with E-state index >= 15 is 0 Å². The summed E-state index contributed by atoms with van der Waals surface area (Å²) < 4.78 is 12.2. The van der Waals surface area contributed by atoms with Crippen LogP contribution in [0.3, 0.4) is 0 Å². The summed E-state index contributed by atoms with van der Waals surface area (Å²) >= 11 is 0. The molecule has 0 aromatic carbocycles. The first kappa shape index (κ1) is 16.0. The number of aliphatic imine (C=N–C) groups is 1. The van der Waals surface area contributed by atoms with Crippen LogP contribution in [0.2, 0.25) is 0 Å². The highest BCUT2D eigenvalue weighted by molar-refractivity contribution is 5.85. The molecule has 6 heteroatoms. The van der Waals surface area contributed by atoms with Gasteiger partial charge in [0.2, 0.25) is 5.91 Å². The first-order valence-corrected chi connectivity index (χ1v) is 7.91. The van der Waals surface area contributed by atoms with E-state index in [0.717, 1.165) is 11.8 Å². The van der Waals surface area contributed by atoms with E-state index in [2.05, 4.69) is 15.6 Å². The van der Waals surface area contributed by atoms with Crippen LogP contribution in [0.1, 0.15) is 32.1 Å². The summed E-state index contributed by atoms with van der Waals surface area (Å²) in [4.78, 5) is 17.5. The zero-order valence-corrected chi connectivity index (χ0v) is 13.1. The minimum Gasteiger partial charge on any atom is -0.356 e. The summed E-state index contributed by atoms with van der Waals surface area (Å²) in [5, 5.41) is 6.58. The number of nitrogens with zero attached hydrogens (tertiary/aromatic N) is 2. The van der Waals surface area contributed by atoms with Crippen molar-refractivity contribution in [2.24, 2.45) is 16.8 Å². The second-order valence-corrected chi connectivity index (χ2v) is 6.35. The molecule has 2 aliphatic carbocycles. The molecular weight excluding hydrogens is 271 g/mol. The van der Waals surface area contributed by atoms with Crippen LogP contribution < -0.4 is 10.6 Å². The first-order valence-electron chi connectivity index (χ1n) is 7.91. The third-order valence-corrected chi connectivity index (χ3v) is 4.53. The predicted octanol–water partition coefficient (Wildman–Crippen LogP) is 1.16. The van der Waals surface area contributed by atoms with Crippen molar-refractivity contribution in [2.75, 3.05) is 33.9 Å². The Morgan fingerprint density at radius 1 is 1.33 bits per heavy atom. The fourth-order valence-electron chi connectivity index (χ4n) is 3.31. The van der Waals surface area contributed by atoms with Crippen LogP contribution in [0.4, 0.5) is 4.39 Å². The lowest BCUT2D eigenvalue weighted by Gasteiger charge is -2.25. The number of fused-ring (bicyclic) bond motifs is 2. The highest BCUT2D eigenvalue weighted by atomic mass is 19.1. The minimum absolute atomic E-state index is 0.0328. The zero-order valence-electron chi connectivity index (χ0n) is 13.1. The van der Waals surface area contributed by atoms with Gasteiger partial charge in [0.15, 0.2) is 5.96 Å².